The monoisotopic (exact) mass is 327 g/mol. The summed E-state index contributed by atoms with van der Waals surface area (Å²) < 4.78 is 11.9. The van der Waals surface area contributed by atoms with Gasteiger partial charge in [0.15, 0.2) is 0 Å². The molecular formula is C21H29NO2. The van der Waals surface area contributed by atoms with E-state index in [0.717, 1.165) is 36.8 Å². The lowest BCUT2D eigenvalue weighted by molar-refractivity contribution is 0.210. The summed E-state index contributed by atoms with van der Waals surface area (Å²) in [6.45, 7) is 10.0. The molecule has 0 heterocycles. The lowest BCUT2D eigenvalue weighted by atomic mass is 10.2. The van der Waals surface area contributed by atoms with Crippen molar-refractivity contribution in [2.75, 3.05) is 18.5 Å². The van der Waals surface area contributed by atoms with E-state index in [4.69, 9.17) is 9.47 Å². The van der Waals surface area contributed by atoms with Gasteiger partial charge in [-0.05, 0) is 49.1 Å². The Balaban J connectivity index is 1.89. The molecule has 1 unspecified atom stereocenters. The molecule has 2 rings (SSSR count). The lowest BCUT2D eigenvalue weighted by Gasteiger charge is -2.19. The third-order valence-electron chi connectivity index (χ3n) is 3.70. The smallest absolute Gasteiger partial charge is 0.121 e. The fourth-order valence-corrected chi connectivity index (χ4v) is 2.34. The molecule has 0 bridgehead atoms. The standard InChI is InChI=1S/C21H29NO2/c1-5-19(24-21-11-6-8-17(4)12-21)14-22-18-9-7-10-20(13-18)23-15-16(2)3/h6-13,16,19,22H,5,14-15H2,1-4H3. The first-order valence-electron chi connectivity index (χ1n) is 8.77. The lowest BCUT2D eigenvalue weighted by Crippen LogP contribution is -2.25. The number of hydrogen-bond acceptors (Lipinski definition) is 3. The van der Waals surface area contributed by atoms with Crippen LogP contribution in [0.4, 0.5) is 5.69 Å². The number of rotatable bonds is 9. The van der Waals surface area contributed by atoms with Crippen LogP contribution in [0.3, 0.4) is 0 Å². The average Bonchev–Trinajstić information content (AvgIpc) is 2.57. The van der Waals surface area contributed by atoms with Crippen molar-refractivity contribution < 1.29 is 9.47 Å². The Labute approximate surface area is 146 Å². The second-order valence-electron chi connectivity index (χ2n) is 6.58. The van der Waals surface area contributed by atoms with Crippen molar-refractivity contribution in [2.24, 2.45) is 5.92 Å². The molecule has 3 nitrogen and oxygen atoms in total. The first-order valence-corrected chi connectivity index (χ1v) is 8.77. The van der Waals surface area contributed by atoms with Crippen molar-refractivity contribution in [1.82, 2.24) is 0 Å². The molecule has 0 spiro atoms. The molecule has 24 heavy (non-hydrogen) atoms. The Morgan fingerprint density at radius 2 is 1.75 bits per heavy atom. The van der Waals surface area contributed by atoms with E-state index in [1.165, 1.54) is 5.56 Å². The molecule has 0 aromatic heterocycles. The quantitative estimate of drug-likeness (QED) is 0.678. The highest BCUT2D eigenvalue weighted by Gasteiger charge is 2.08. The van der Waals surface area contributed by atoms with Crippen molar-refractivity contribution in [2.45, 2.75) is 40.2 Å². The van der Waals surface area contributed by atoms with E-state index in [2.05, 4.69) is 51.2 Å². The molecule has 0 saturated carbocycles. The van der Waals surface area contributed by atoms with E-state index < -0.39 is 0 Å². The SMILES string of the molecule is CCC(CNc1cccc(OCC(C)C)c1)Oc1cccc(C)c1. The minimum absolute atomic E-state index is 0.132. The van der Waals surface area contributed by atoms with Gasteiger partial charge in [-0.2, -0.15) is 0 Å². The summed E-state index contributed by atoms with van der Waals surface area (Å²) in [6, 6.07) is 16.3. The van der Waals surface area contributed by atoms with Crippen molar-refractivity contribution in [3.8, 4) is 11.5 Å². The van der Waals surface area contributed by atoms with Crippen LogP contribution in [0.15, 0.2) is 48.5 Å². The Kier molecular flexibility index (Phi) is 6.98. The Hall–Kier alpha value is -2.16. The molecule has 2 aromatic carbocycles. The van der Waals surface area contributed by atoms with Crippen molar-refractivity contribution in [3.63, 3.8) is 0 Å². The van der Waals surface area contributed by atoms with Crippen LogP contribution in [0.25, 0.3) is 0 Å². The summed E-state index contributed by atoms with van der Waals surface area (Å²) in [7, 11) is 0. The van der Waals surface area contributed by atoms with Crippen LogP contribution >= 0.6 is 0 Å². The molecule has 0 radical (unpaired) electrons. The summed E-state index contributed by atoms with van der Waals surface area (Å²) >= 11 is 0. The van der Waals surface area contributed by atoms with E-state index in [9.17, 15) is 0 Å². The molecule has 0 saturated heterocycles. The number of benzene rings is 2. The second-order valence-corrected chi connectivity index (χ2v) is 6.58. The van der Waals surface area contributed by atoms with Crippen LogP contribution in [0.2, 0.25) is 0 Å². The van der Waals surface area contributed by atoms with Gasteiger partial charge < -0.3 is 14.8 Å². The van der Waals surface area contributed by atoms with E-state index >= 15 is 0 Å². The van der Waals surface area contributed by atoms with Crippen LogP contribution in [0, 0.1) is 12.8 Å². The summed E-state index contributed by atoms with van der Waals surface area (Å²) in [4.78, 5) is 0. The van der Waals surface area contributed by atoms with E-state index in [-0.39, 0.29) is 6.10 Å². The van der Waals surface area contributed by atoms with Gasteiger partial charge in [0.1, 0.15) is 17.6 Å². The number of aryl methyl sites for hydroxylation is 1. The Morgan fingerprint density at radius 3 is 2.46 bits per heavy atom. The molecule has 0 amide bonds. The van der Waals surface area contributed by atoms with Crippen molar-refractivity contribution in [1.29, 1.82) is 0 Å². The van der Waals surface area contributed by atoms with Gasteiger partial charge in [0.05, 0.1) is 13.2 Å². The minimum Gasteiger partial charge on any atom is -0.493 e. The molecule has 2 aromatic rings. The van der Waals surface area contributed by atoms with Crippen molar-refractivity contribution in [3.05, 3.63) is 54.1 Å². The number of hydrogen-bond donors (Lipinski definition) is 1. The minimum atomic E-state index is 0.132. The second kappa shape index (κ2) is 9.21. The van der Waals surface area contributed by atoms with Crippen molar-refractivity contribution >= 4 is 5.69 Å². The molecular weight excluding hydrogens is 298 g/mol. The van der Waals surface area contributed by atoms with E-state index in [1.807, 2.05) is 30.3 Å². The van der Waals surface area contributed by atoms with E-state index in [1.54, 1.807) is 0 Å². The maximum Gasteiger partial charge on any atom is 0.121 e. The largest absolute Gasteiger partial charge is 0.493 e. The summed E-state index contributed by atoms with van der Waals surface area (Å²) in [5, 5.41) is 3.45. The molecule has 3 heteroatoms. The Morgan fingerprint density at radius 1 is 1.00 bits per heavy atom. The van der Waals surface area contributed by atoms with Crippen LogP contribution in [0.5, 0.6) is 11.5 Å². The number of anilines is 1. The zero-order valence-electron chi connectivity index (χ0n) is 15.2. The summed E-state index contributed by atoms with van der Waals surface area (Å²) in [5.41, 5.74) is 2.27. The molecule has 0 aliphatic heterocycles. The molecule has 1 atom stereocenters. The number of nitrogens with one attached hydrogen (secondary N) is 1. The van der Waals surface area contributed by atoms with Gasteiger partial charge in [-0.25, -0.2) is 0 Å². The fourth-order valence-electron chi connectivity index (χ4n) is 2.34. The van der Waals surface area contributed by atoms with E-state index in [0.29, 0.717) is 5.92 Å². The van der Waals surface area contributed by atoms with Gasteiger partial charge in [0.25, 0.3) is 0 Å². The number of ether oxygens (including phenoxy) is 2. The van der Waals surface area contributed by atoms with Crippen LogP contribution in [-0.2, 0) is 0 Å². The fraction of sp³-hybridized carbons (Fsp3) is 0.429. The summed E-state index contributed by atoms with van der Waals surface area (Å²) in [6.07, 6.45) is 1.08. The third kappa shape index (κ3) is 6.15. The first kappa shape index (κ1) is 18.2. The van der Waals surface area contributed by atoms with Gasteiger partial charge in [0, 0.05) is 11.8 Å². The van der Waals surface area contributed by atoms with Gasteiger partial charge in [-0.3, -0.25) is 0 Å². The highest BCUT2D eigenvalue weighted by atomic mass is 16.5. The average molecular weight is 327 g/mol. The predicted molar refractivity (Wildman–Crippen MR) is 101 cm³/mol. The van der Waals surface area contributed by atoms with Gasteiger partial charge in [0.2, 0.25) is 0 Å². The zero-order valence-corrected chi connectivity index (χ0v) is 15.2. The molecule has 0 fully saturated rings. The Bertz CT molecular complexity index is 625. The maximum absolute atomic E-state index is 6.08. The highest BCUT2D eigenvalue weighted by Crippen LogP contribution is 2.19. The first-order chi connectivity index (χ1) is 11.6. The van der Waals surface area contributed by atoms with Gasteiger partial charge in [-0.15, -0.1) is 0 Å². The van der Waals surface area contributed by atoms with Gasteiger partial charge in [-0.1, -0.05) is 39.0 Å². The topological polar surface area (TPSA) is 30.5 Å². The van der Waals surface area contributed by atoms with Crippen LogP contribution < -0.4 is 14.8 Å². The molecule has 130 valence electrons. The molecule has 0 aliphatic carbocycles. The van der Waals surface area contributed by atoms with Crippen LogP contribution in [0.1, 0.15) is 32.8 Å². The maximum atomic E-state index is 6.08. The third-order valence-corrected chi connectivity index (χ3v) is 3.70. The zero-order chi connectivity index (χ0) is 17.4. The normalized spacial score (nSPS) is 12.0. The molecule has 1 N–H and O–H groups in total. The predicted octanol–water partition coefficient (Wildman–Crippen LogP) is 5.30. The van der Waals surface area contributed by atoms with Gasteiger partial charge >= 0.3 is 0 Å². The highest BCUT2D eigenvalue weighted by molar-refractivity contribution is 5.48. The molecule has 0 aliphatic rings. The summed E-state index contributed by atoms with van der Waals surface area (Å²) in [5.74, 6) is 2.35. The van der Waals surface area contributed by atoms with Crippen LogP contribution in [-0.4, -0.2) is 19.3 Å².